The first-order chi connectivity index (χ1) is 11.3. The van der Waals surface area contributed by atoms with Crippen LogP contribution in [0.5, 0.6) is 6.01 Å². The number of halogens is 1. The van der Waals surface area contributed by atoms with Crippen LogP contribution < -0.4 is 14.8 Å². The molecule has 0 aliphatic rings. The fourth-order valence-corrected chi connectivity index (χ4v) is 3.08. The van der Waals surface area contributed by atoms with Gasteiger partial charge in [-0.3, -0.25) is 5.32 Å². The van der Waals surface area contributed by atoms with Gasteiger partial charge in [0.25, 0.3) is 0 Å². The van der Waals surface area contributed by atoms with Crippen LogP contribution in [0.1, 0.15) is 11.4 Å². The molecule has 24 heavy (non-hydrogen) atoms. The van der Waals surface area contributed by atoms with E-state index in [2.05, 4.69) is 20.3 Å². The summed E-state index contributed by atoms with van der Waals surface area (Å²) in [7, 11) is -2.60. The third kappa shape index (κ3) is 5.03. The SMILES string of the molecule is COc1nc(C)nc(NC(=O)NS(=O)(=O)Cc2ccccc2Cl)n1. The summed E-state index contributed by atoms with van der Waals surface area (Å²) in [4.78, 5) is 23.3. The lowest BCUT2D eigenvalue weighted by Gasteiger charge is -2.09. The van der Waals surface area contributed by atoms with E-state index in [0.717, 1.165) is 0 Å². The molecule has 9 nitrogen and oxygen atoms in total. The van der Waals surface area contributed by atoms with Gasteiger partial charge in [0.15, 0.2) is 0 Å². The van der Waals surface area contributed by atoms with E-state index in [-0.39, 0.29) is 12.0 Å². The number of hydrogen-bond acceptors (Lipinski definition) is 7. The molecule has 0 radical (unpaired) electrons. The minimum absolute atomic E-state index is 0.00303. The van der Waals surface area contributed by atoms with Crippen molar-refractivity contribution in [3.63, 3.8) is 0 Å². The fraction of sp³-hybridized carbons (Fsp3) is 0.231. The largest absolute Gasteiger partial charge is 0.467 e. The molecule has 0 saturated heterocycles. The number of nitrogens with zero attached hydrogens (tertiary/aromatic N) is 3. The molecule has 0 saturated carbocycles. The van der Waals surface area contributed by atoms with Gasteiger partial charge < -0.3 is 4.74 Å². The molecular formula is C13H14ClN5O4S. The Morgan fingerprint density at radius 1 is 1.25 bits per heavy atom. The summed E-state index contributed by atoms with van der Waals surface area (Å²) in [5, 5.41) is 2.50. The zero-order valence-electron chi connectivity index (χ0n) is 12.8. The number of aryl methyl sites for hydroxylation is 1. The van der Waals surface area contributed by atoms with Crippen molar-refractivity contribution in [2.24, 2.45) is 0 Å². The van der Waals surface area contributed by atoms with E-state index in [0.29, 0.717) is 16.4 Å². The average molecular weight is 372 g/mol. The maximum atomic E-state index is 12.0. The van der Waals surface area contributed by atoms with Gasteiger partial charge in [0.1, 0.15) is 5.82 Å². The lowest BCUT2D eigenvalue weighted by Crippen LogP contribution is -2.35. The zero-order valence-corrected chi connectivity index (χ0v) is 14.3. The van der Waals surface area contributed by atoms with Gasteiger partial charge in [-0.15, -0.1) is 0 Å². The third-order valence-corrected chi connectivity index (χ3v) is 4.24. The van der Waals surface area contributed by atoms with Gasteiger partial charge in [0.2, 0.25) is 16.0 Å². The first kappa shape index (κ1) is 17.9. The number of hydrogen-bond donors (Lipinski definition) is 2. The Balaban J connectivity index is 2.06. The van der Waals surface area contributed by atoms with Crippen molar-refractivity contribution >= 4 is 33.6 Å². The summed E-state index contributed by atoms with van der Waals surface area (Å²) in [6, 6.07) is 5.43. The van der Waals surface area contributed by atoms with Crippen molar-refractivity contribution in [1.29, 1.82) is 0 Å². The predicted octanol–water partition coefficient (Wildman–Crippen LogP) is 1.49. The Bertz CT molecular complexity index is 859. The Hall–Kier alpha value is -2.46. The number of anilines is 1. The molecule has 1 aromatic carbocycles. The number of carbonyl (C=O) groups excluding carboxylic acids is 1. The van der Waals surface area contributed by atoms with Gasteiger partial charge in [-0.05, 0) is 18.6 Å². The maximum Gasteiger partial charge on any atom is 0.335 e. The monoisotopic (exact) mass is 371 g/mol. The number of rotatable bonds is 5. The summed E-state index contributed by atoms with van der Waals surface area (Å²) in [6.07, 6.45) is 0. The number of aromatic nitrogens is 3. The number of methoxy groups -OCH3 is 1. The number of benzene rings is 1. The molecule has 11 heteroatoms. The van der Waals surface area contributed by atoms with E-state index in [1.54, 1.807) is 31.2 Å². The lowest BCUT2D eigenvalue weighted by atomic mass is 10.2. The molecular weight excluding hydrogens is 358 g/mol. The third-order valence-electron chi connectivity index (χ3n) is 2.69. The summed E-state index contributed by atoms with van der Waals surface area (Å²) in [6.45, 7) is 1.57. The number of nitrogens with one attached hydrogen (secondary N) is 2. The Labute approximate surface area is 143 Å². The molecule has 2 N–H and O–H groups in total. The standard InChI is InChI=1S/C13H14ClN5O4S/c1-8-15-11(18-13(16-8)23-2)17-12(20)19-24(21,22)7-9-5-3-4-6-10(9)14/h3-6H,7H2,1-2H3,(H2,15,16,17,18,19,20). The van der Waals surface area contributed by atoms with Crippen molar-refractivity contribution in [1.82, 2.24) is 19.7 Å². The van der Waals surface area contributed by atoms with Crippen LogP contribution in [0.15, 0.2) is 24.3 Å². The van der Waals surface area contributed by atoms with Crippen molar-refractivity contribution in [3.8, 4) is 6.01 Å². The first-order valence-electron chi connectivity index (χ1n) is 6.60. The molecule has 1 heterocycles. The van der Waals surface area contributed by atoms with E-state index in [9.17, 15) is 13.2 Å². The van der Waals surface area contributed by atoms with Crippen LogP contribution in [0, 0.1) is 6.92 Å². The van der Waals surface area contributed by atoms with Gasteiger partial charge >= 0.3 is 12.0 Å². The summed E-state index contributed by atoms with van der Waals surface area (Å²) >= 11 is 5.91. The number of carbonyl (C=O) groups is 1. The Morgan fingerprint density at radius 3 is 2.62 bits per heavy atom. The average Bonchev–Trinajstić information content (AvgIpc) is 2.48. The minimum atomic E-state index is -3.95. The highest BCUT2D eigenvalue weighted by Crippen LogP contribution is 2.17. The number of amides is 2. The van der Waals surface area contributed by atoms with E-state index < -0.39 is 21.8 Å². The molecule has 1 aromatic heterocycles. The topological polar surface area (TPSA) is 123 Å². The maximum absolute atomic E-state index is 12.0. The predicted molar refractivity (Wildman–Crippen MR) is 87.3 cm³/mol. The van der Waals surface area contributed by atoms with Crippen LogP contribution in [0.4, 0.5) is 10.7 Å². The molecule has 2 aromatic rings. The van der Waals surface area contributed by atoms with Crippen LogP contribution in [-0.4, -0.2) is 36.5 Å². The summed E-state index contributed by atoms with van der Waals surface area (Å²) < 4.78 is 30.8. The smallest absolute Gasteiger partial charge is 0.335 e. The highest BCUT2D eigenvalue weighted by atomic mass is 35.5. The second-order valence-electron chi connectivity index (χ2n) is 4.60. The van der Waals surface area contributed by atoms with Gasteiger partial charge in [0.05, 0.1) is 12.9 Å². The minimum Gasteiger partial charge on any atom is -0.467 e. The quantitative estimate of drug-likeness (QED) is 0.816. The van der Waals surface area contributed by atoms with Crippen LogP contribution in [0.3, 0.4) is 0 Å². The zero-order chi connectivity index (χ0) is 17.7. The van der Waals surface area contributed by atoms with Crippen molar-refractivity contribution in [2.45, 2.75) is 12.7 Å². The van der Waals surface area contributed by atoms with Crippen LogP contribution in [0.25, 0.3) is 0 Å². The molecule has 0 atom stereocenters. The van der Waals surface area contributed by atoms with Gasteiger partial charge in [-0.2, -0.15) is 15.0 Å². The normalized spacial score (nSPS) is 11.0. The number of urea groups is 1. The van der Waals surface area contributed by atoms with Crippen molar-refractivity contribution in [3.05, 3.63) is 40.7 Å². The molecule has 2 rings (SSSR count). The van der Waals surface area contributed by atoms with Crippen molar-refractivity contribution in [2.75, 3.05) is 12.4 Å². The molecule has 0 aliphatic heterocycles. The highest BCUT2D eigenvalue weighted by molar-refractivity contribution is 7.89. The van der Waals surface area contributed by atoms with Gasteiger partial charge in [-0.25, -0.2) is 17.9 Å². The fourth-order valence-electron chi connectivity index (χ4n) is 1.73. The lowest BCUT2D eigenvalue weighted by molar-refractivity contribution is 0.256. The van der Waals surface area contributed by atoms with Gasteiger partial charge in [-0.1, -0.05) is 29.8 Å². The summed E-state index contributed by atoms with van der Waals surface area (Å²) in [5.41, 5.74) is 0.372. The molecule has 0 aliphatic carbocycles. The molecule has 0 spiro atoms. The highest BCUT2D eigenvalue weighted by Gasteiger charge is 2.18. The molecule has 128 valence electrons. The number of sulfonamides is 1. The summed E-state index contributed by atoms with van der Waals surface area (Å²) in [5.74, 6) is -0.277. The second-order valence-corrected chi connectivity index (χ2v) is 6.73. The van der Waals surface area contributed by atoms with Crippen molar-refractivity contribution < 1.29 is 17.9 Å². The molecule has 2 amide bonds. The van der Waals surface area contributed by atoms with E-state index in [4.69, 9.17) is 16.3 Å². The molecule has 0 fully saturated rings. The van der Waals surface area contributed by atoms with E-state index in [1.165, 1.54) is 7.11 Å². The molecule has 0 bridgehead atoms. The van der Waals surface area contributed by atoms with E-state index >= 15 is 0 Å². The molecule has 0 unspecified atom stereocenters. The Kier molecular flexibility index (Phi) is 5.52. The van der Waals surface area contributed by atoms with E-state index in [1.807, 2.05) is 4.72 Å². The van der Waals surface area contributed by atoms with Crippen LogP contribution in [0.2, 0.25) is 5.02 Å². The van der Waals surface area contributed by atoms with Crippen LogP contribution >= 0.6 is 11.6 Å². The van der Waals surface area contributed by atoms with Gasteiger partial charge in [0, 0.05) is 5.02 Å². The number of ether oxygens (including phenoxy) is 1. The van der Waals surface area contributed by atoms with Crippen LogP contribution in [-0.2, 0) is 15.8 Å². The Morgan fingerprint density at radius 2 is 1.96 bits per heavy atom. The first-order valence-corrected chi connectivity index (χ1v) is 8.63. The second kappa shape index (κ2) is 7.41.